The monoisotopic (exact) mass is 280 g/mol. The van der Waals surface area contributed by atoms with Crippen molar-refractivity contribution in [2.75, 3.05) is 42.3 Å². The number of aliphatic hydroxyl groups excluding tert-OH is 1. The molecule has 1 aliphatic heterocycles. The smallest absolute Gasteiger partial charge is 0.231 e. The van der Waals surface area contributed by atoms with Gasteiger partial charge in [-0.1, -0.05) is 13.8 Å². The lowest BCUT2D eigenvalue weighted by molar-refractivity contribution is 0.248. The van der Waals surface area contributed by atoms with Gasteiger partial charge >= 0.3 is 0 Å². The summed E-state index contributed by atoms with van der Waals surface area (Å²) in [5.74, 6) is 2.05. The summed E-state index contributed by atoms with van der Waals surface area (Å²) in [7, 11) is 1.79. The minimum atomic E-state index is -0.0615. The van der Waals surface area contributed by atoms with Gasteiger partial charge in [0.2, 0.25) is 17.8 Å². The van der Waals surface area contributed by atoms with E-state index in [9.17, 15) is 5.11 Å². The number of rotatable bonds is 6. The van der Waals surface area contributed by atoms with Crippen LogP contribution in [0.25, 0.3) is 0 Å². The van der Waals surface area contributed by atoms with Crippen LogP contribution in [0, 0.1) is 5.92 Å². The maximum atomic E-state index is 9.41. The van der Waals surface area contributed by atoms with E-state index >= 15 is 0 Å². The Balaban J connectivity index is 2.20. The van der Waals surface area contributed by atoms with Crippen LogP contribution in [0.3, 0.4) is 0 Å². The molecule has 7 heteroatoms. The molecule has 112 valence electrons. The number of aromatic nitrogens is 3. The normalized spacial score (nSPS) is 16.6. The van der Waals surface area contributed by atoms with Crippen molar-refractivity contribution in [1.29, 1.82) is 0 Å². The molecule has 0 bridgehead atoms. The predicted molar refractivity (Wildman–Crippen MR) is 80.2 cm³/mol. The summed E-state index contributed by atoms with van der Waals surface area (Å²) in [6.07, 6.45) is 2.35. The topological polar surface area (TPSA) is 86.2 Å². The number of hydrogen-bond donors (Lipinski definition) is 3. The van der Waals surface area contributed by atoms with E-state index in [1.807, 2.05) is 0 Å². The molecule has 1 aromatic rings. The highest BCUT2D eigenvalue weighted by Gasteiger charge is 2.19. The molecular formula is C13H24N6O. The summed E-state index contributed by atoms with van der Waals surface area (Å²) in [4.78, 5) is 15.4. The molecule has 2 heterocycles. The average Bonchev–Trinajstić information content (AvgIpc) is 2.98. The molecule has 1 fully saturated rings. The summed E-state index contributed by atoms with van der Waals surface area (Å²) in [5.41, 5.74) is 0. The van der Waals surface area contributed by atoms with Gasteiger partial charge in [-0.15, -0.1) is 0 Å². The first-order chi connectivity index (χ1) is 9.63. The molecule has 20 heavy (non-hydrogen) atoms. The third kappa shape index (κ3) is 3.47. The van der Waals surface area contributed by atoms with Crippen LogP contribution < -0.4 is 15.5 Å². The van der Waals surface area contributed by atoms with Crippen LogP contribution in [0.1, 0.15) is 26.7 Å². The number of nitrogens with one attached hydrogen (secondary N) is 2. The highest BCUT2D eigenvalue weighted by Crippen LogP contribution is 2.19. The van der Waals surface area contributed by atoms with Crippen LogP contribution in [0.4, 0.5) is 17.8 Å². The Morgan fingerprint density at radius 3 is 2.35 bits per heavy atom. The van der Waals surface area contributed by atoms with Crippen LogP contribution >= 0.6 is 0 Å². The van der Waals surface area contributed by atoms with Gasteiger partial charge in [0.1, 0.15) is 0 Å². The van der Waals surface area contributed by atoms with E-state index in [2.05, 4.69) is 44.3 Å². The van der Waals surface area contributed by atoms with E-state index in [0.717, 1.165) is 13.1 Å². The molecule has 0 amide bonds. The summed E-state index contributed by atoms with van der Waals surface area (Å²) >= 11 is 0. The maximum Gasteiger partial charge on any atom is 0.231 e. The first kappa shape index (κ1) is 14.8. The standard InChI is InChI=1S/C13H24N6O/c1-9(2)10(8-20)15-12-16-11(14-3)17-13(18-12)19-6-4-5-7-19/h9-10,20H,4-8H2,1-3H3,(H2,14,15,16,17,18)/t10-/m1/s1. The van der Waals surface area contributed by atoms with Crippen LogP contribution in [0.5, 0.6) is 0 Å². The Kier molecular flexibility index (Phi) is 4.94. The first-order valence-electron chi connectivity index (χ1n) is 7.20. The van der Waals surface area contributed by atoms with Crippen LogP contribution in [-0.2, 0) is 0 Å². The highest BCUT2D eigenvalue weighted by molar-refractivity contribution is 5.44. The molecule has 1 aromatic heterocycles. The molecule has 0 saturated carbocycles. The van der Waals surface area contributed by atoms with Gasteiger partial charge in [-0.2, -0.15) is 15.0 Å². The van der Waals surface area contributed by atoms with Gasteiger partial charge < -0.3 is 20.6 Å². The molecule has 1 saturated heterocycles. The van der Waals surface area contributed by atoms with Crippen molar-refractivity contribution in [1.82, 2.24) is 15.0 Å². The Morgan fingerprint density at radius 1 is 1.15 bits per heavy atom. The van der Waals surface area contributed by atoms with E-state index in [0.29, 0.717) is 23.8 Å². The Morgan fingerprint density at radius 2 is 1.80 bits per heavy atom. The first-order valence-corrected chi connectivity index (χ1v) is 7.20. The van der Waals surface area contributed by atoms with Crippen molar-refractivity contribution in [2.24, 2.45) is 5.92 Å². The van der Waals surface area contributed by atoms with Crippen LogP contribution in [0.2, 0.25) is 0 Å². The van der Waals surface area contributed by atoms with Crippen molar-refractivity contribution in [3.8, 4) is 0 Å². The zero-order chi connectivity index (χ0) is 14.5. The van der Waals surface area contributed by atoms with Gasteiger partial charge in [0.05, 0.1) is 12.6 Å². The summed E-state index contributed by atoms with van der Waals surface area (Å²) in [5, 5.41) is 15.6. The molecule has 0 aliphatic carbocycles. The van der Waals surface area contributed by atoms with Crippen LogP contribution in [-0.4, -0.2) is 52.8 Å². The molecule has 0 radical (unpaired) electrons. The van der Waals surface area contributed by atoms with Crippen molar-refractivity contribution in [3.05, 3.63) is 0 Å². The van der Waals surface area contributed by atoms with E-state index in [4.69, 9.17) is 0 Å². The zero-order valence-electron chi connectivity index (χ0n) is 12.4. The molecule has 7 nitrogen and oxygen atoms in total. The van der Waals surface area contributed by atoms with E-state index in [-0.39, 0.29) is 12.6 Å². The van der Waals surface area contributed by atoms with Crippen molar-refractivity contribution in [3.63, 3.8) is 0 Å². The number of nitrogens with zero attached hydrogens (tertiary/aromatic N) is 4. The Hall–Kier alpha value is -1.63. The number of aliphatic hydroxyl groups is 1. The SMILES string of the molecule is CNc1nc(N[C@H](CO)C(C)C)nc(N2CCCC2)n1. The van der Waals surface area contributed by atoms with E-state index < -0.39 is 0 Å². The van der Waals surface area contributed by atoms with Gasteiger partial charge in [-0.05, 0) is 18.8 Å². The average molecular weight is 280 g/mol. The Labute approximate surface area is 119 Å². The minimum Gasteiger partial charge on any atom is -0.394 e. The number of hydrogen-bond acceptors (Lipinski definition) is 7. The quantitative estimate of drug-likeness (QED) is 0.715. The second-order valence-electron chi connectivity index (χ2n) is 5.40. The second-order valence-corrected chi connectivity index (χ2v) is 5.40. The lowest BCUT2D eigenvalue weighted by Gasteiger charge is -2.21. The lowest BCUT2D eigenvalue weighted by Crippen LogP contribution is -2.31. The fraction of sp³-hybridized carbons (Fsp3) is 0.769. The molecule has 0 spiro atoms. The fourth-order valence-corrected chi connectivity index (χ4v) is 2.19. The zero-order valence-corrected chi connectivity index (χ0v) is 12.4. The second kappa shape index (κ2) is 6.69. The van der Waals surface area contributed by atoms with Crippen molar-refractivity contribution < 1.29 is 5.11 Å². The summed E-state index contributed by atoms with van der Waals surface area (Å²) in [6, 6.07) is -0.0615. The van der Waals surface area contributed by atoms with Gasteiger partial charge in [0, 0.05) is 20.1 Å². The minimum absolute atomic E-state index is 0.0529. The third-order valence-electron chi connectivity index (χ3n) is 3.55. The van der Waals surface area contributed by atoms with Crippen LogP contribution in [0.15, 0.2) is 0 Å². The molecular weight excluding hydrogens is 256 g/mol. The Bertz CT molecular complexity index is 433. The van der Waals surface area contributed by atoms with E-state index in [1.54, 1.807) is 7.05 Å². The highest BCUT2D eigenvalue weighted by atomic mass is 16.3. The molecule has 1 atom stereocenters. The van der Waals surface area contributed by atoms with Crippen molar-refractivity contribution in [2.45, 2.75) is 32.7 Å². The van der Waals surface area contributed by atoms with Gasteiger partial charge in [-0.25, -0.2) is 0 Å². The summed E-state index contributed by atoms with van der Waals surface area (Å²) < 4.78 is 0. The molecule has 0 unspecified atom stereocenters. The van der Waals surface area contributed by atoms with E-state index in [1.165, 1.54) is 12.8 Å². The predicted octanol–water partition coefficient (Wildman–Crippen LogP) is 0.942. The fourth-order valence-electron chi connectivity index (χ4n) is 2.19. The number of anilines is 3. The molecule has 2 rings (SSSR count). The molecule has 1 aliphatic rings. The largest absolute Gasteiger partial charge is 0.394 e. The third-order valence-corrected chi connectivity index (χ3v) is 3.55. The molecule has 3 N–H and O–H groups in total. The van der Waals surface area contributed by atoms with Crippen molar-refractivity contribution >= 4 is 17.8 Å². The maximum absolute atomic E-state index is 9.41. The summed E-state index contributed by atoms with van der Waals surface area (Å²) in [6.45, 7) is 6.13. The van der Waals surface area contributed by atoms with Gasteiger partial charge in [0.15, 0.2) is 0 Å². The van der Waals surface area contributed by atoms with Gasteiger partial charge in [0.25, 0.3) is 0 Å². The van der Waals surface area contributed by atoms with Gasteiger partial charge in [-0.3, -0.25) is 0 Å². The molecule has 0 aromatic carbocycles. The lowest BCUT2D eigenvalue weighted by atomic mass is 10.1.